The van der Waals surface area contributed by atoms with Crippen LogP contribution in [0.1, 0.15) is 27.3 Å². The van der Waals surface area contributed by atoms with Crippen molar-refractivity contribution in [2.75, 3.05) is 5.32 Å². The van der Waals surface area contributed by atoms with Crippen LogP contribution in [0.5, 0.6) is 11.5 Å². The second-order valence-corrected chi connectivity index (χ2v) is 7.47. The lowest BCUT2D eigenvalue weighted by molar-refractivity contribution is -0.137. The van der Waals surface area contributed by atoms with E-state index < -0.39 is 17.6 Å². The molecule has 0 aliphatic heterocycles. The zero-order valence-corrected chi connectivity index (χ0v) is 18.3. The predicted octanol–water partition coefficient (Wildman–Crippen LogP) is 5.68. The molecule has 11 heteroatoms. The summed E-state index contributed by atoms with van der Waals surface area (Å²) in [4.78, 5) is 20.9. The molecule has 0 aliphatic rings. The molecule has 0 bridgehead atoms. The van der Waals surface area contributed by atoms with E-state index in [9.17, 15) is 18.0 Å². The average molecular weight is 481 g/mol. The molecule has 3 rings (SSSR count). The second-order valence-electron chi connectivity index (χ2n) is 6.66. The van der Waals surface area contributed by atoms with Crippen LogP contribution >= 0.6 is 23.8 Å². The van der Waals surface area contributed by atoms with Gasteiger partial charge in [-0.3, -0.25) is 10.1 Å². The lowest BCUT2D eigenvalue weighted by Gasteiger charge is -2.12. The Labute approximate surface area is 191 Å². The number of benzene rings is 2. The minimum absolute atomic E-state index is 0.00268. The molecule has 1 amide bonds. The van der Waals surface area contributed by atoms with Gasteiger partial charge in [-0.05, 0) is 68.5 Å². The molecule has 6 nitrogen and oxygen atoms in total. The Morgan fingerprint density at radius 1 is 1.06 bits per heavy atom. The number of halogens is 4. The van der Waals surface area contributed by atoms with Gasteiger partial charge in [-0.1, -0.05) is 17.7 Å². The Kier molecular flexibility index (Phi) is 6.95. The number of rotatable bonds is 4. The number of amides is 1. The van der Waals surface area contributed by atoms with Crippen LogP contribution in [0.4, 0.5) is 19.1 Å². The van der Waals surface area contributed by atoms with Crippen molar-refractivity contribution < 1.29 is 22.7 Å². The molecule has 0 unspecified atom stereocenters. The van der Waals surface area contributed by atoms with Crippen LogP contribution in [0, 0.1) is 13.8 Å². The second kappa shape index (κ2) is 9.49. The van der Waals surface area contributed by atoms with Gasteiger partial charge in [-0.15, -0.1) is 0 Å². The number of alkyl halides is 3. The molecule has 0 saturated carbocycles. The summed E-state index contributed by atoms with van der Waals surface area (Å²) >= 11 is 11.0. The van der Waals surface area contributed by atoms with Gasteiger partial charge in [0.05, 0.1) is 10.6 Å². The Morgan fingerprint density at radius 2 is 1.75 bits per heavy atom. The third-order valence-corrected chi connectivity index (χ3v) is 4.52. The average Bonchev–Trinajstić information content (AvgIpc) is 2.68. The maximum Gasteiger partial charge on any atom is 0.416 e. The molecule has 32 heavy (non-hydrogen) atoms. The number of nitrogens with one attached hydrogen (secondary N) is 2. The maximum atomic E-state index is 12.8. The van der Waals surface area contributed by atoms with Gasteiger partial charge < -0.3 is 10.1 Å². The Bertz CT molecular complexity index is 1170. The SMILES string of the molecule is Cc1cc(C)nc(NC(=S)NC(=O)c2cccc(Oc3ccc(C(F)(F)F)cc3Cl)c2)n1. The van der Waals surface area contributed by atoms with Gasteiger partial charge in [-0.25, -0.2) is 9.97 Å². The number of aromatic nitrogens is 2. The molecule has 1 aromatic heterocycles. The summed E-state index contributed by atoms with van der Waals surface area (Å²) in [5, 5.41) is 5.03. The number of anilines is 1. The van der Waals surface area contributed by atoms with Gasteiger partial charge in [-0.2, -0.15) is 13.2 Å². The predicted molar refractivity (Wildman–Crippen MR) is 118 cm³/mol. The van der Waals surface area contributed by atoms with Crippen molar-refractivity contribution in [3.8, 4) is 11.5 Å². The summed E-state index contributed by atoms with van der Waals surface area (Å²) < 4.78 is 43.9. The van der Waals surface area contributed by atoms with E-state index in [0.717, 1.165) is 29.6 Å². The minimum Gasteiger partial charge on any atom is -0.456 e. The first-order chi connectivity index (χ1) is 15.0. The number of nitrogens with zero attached hydrogens (tertiary/aromatic N) is 2. The molecule has 1 heterocycles. The number of aryl methyl sites for hydroxylation is 2. The van der Waals surface area contributed by atoms with E-state index in [4.69, 9.17) is 28.6 Å². The highest BCUT2D eigenvalue weighted by molar-refractivity contribution is 7.80. The number of carbonyl (C=O) groups is 1. The van der Waals surface area contributed by atoms with E-state index in [2.05, 4.69) is 20.6 Å². The van der Waals surface area contributed by atoms with Crippen molar-refractivity contribution in [3.05, 3.63) is 76.1 Å². The molecule has 0 atom stereocenters. The van der Waals surface area contributed by atoms with Crippen molar-refractivity contribution in [2.24, 2.45) is 0 Å². The van der Waals surface area contributed by atoms with E-state index in [1.807, 2.05) is 0 Å². The summed E-state index contributed by atoms with van der Waals surface area (Å²) in [6, 6.07) is 10.5. The van der Waals surface area contributed by atoms with Crippen molar-refractivity contribution in [1.29, 1.82) is 0 Å². The lowest BCUT2D eigenvalue weighted by atomic mass is 10.2. The first kappa shape index (κ1) is 23.4. The van der Waals surface area contributed by atoms with Gasteiger partial charge in [0.2, 0.25) is 5.95 Å². The smallest absolute Gasteiger partial charge is 0.416 e. The van der Waals surface area contributed by atoms with Crippen molar-refractivity contribution in [1.82, 2.24) is 15.3 Å². The first-order valence-electron chi connectivity index (χ1n) is 9.10. The summed E-state index contributed by atoms with van der Waals surface area (Å²) in [7, 11) is 0. The van der Waals surface area contributed by atoms with Crippen molar-refractivity contribution in [2.45, 2.75) is 20.0 Å². The van der Waals surface area contributed by atoms with Crippen LogP contribution in [0.3, 0.4) is 0 Å². The zero-order chi connectivity index (χ0) is 23.5. The molecule has 0 fully saturated rings. The Morgan fingerprint density at radius 3 is 2.38 bits per heavy atom. The van der Waals surface area contributed by atoms with Crippen LogP contribution in [0.25, 0.3) is 0 Å². The van der Waals surface area contributed by atoms with Crippen molar-refractivity contribution in [3.63, 3.8) is 0 Å². The molecule has 0 saturated heterocycles. The van der Waals surface area contributed by atoms with Gasteiger partial charge in [0.25, 0.3) is 5.91 Å². The molecular formula is C21H16ClF3N4O2S. The third-order valence-electron chi connectivity index (χ3n) is 4.02. The minimum atomic E-state index is -4.52. The molecule has 166 valence electrons. The highest BCUT2D eigenvalue weighted by Crippen LogP contribution is 2.36. The summed E-state index contributed by atoms with van der Waals surface area (Å²) in [5.41, 5.74) is 0.787. The molecule has 2 N–H and O–H groups in total. The fraction of sp³-hybridized carbons (Fsp3) is 0.143. The monoisotopic (exact) mass is 480 g/mol. The fourth-order valence-electron chi connectivity index (χ4n) is 2.68. The van der Waals surface area contributed by atoms with Crippen LogP contribution in [0.2, 0.25) is 5.02 Å². The third kappa shape index (κ3) is 6.14. The molecular weight excluding hydrogens is 465 g/mol. The highest BCUT2D eigenvalue weighted by Gasteiger charge is 2.31. The van der Waals surface area contributed by atoms with Gasteiger partial charge >= 0.3 is 6.18 Å². The lowest BCUT2D eigenvalue weighted by Crippen LogP contribution is -2.34. The molecule has 0 aliphatic carbocycles. The molecule has 3 aromatic rings. The van der Waals surface area contributed by atoms with Crippen LogP contribution in [-0.4, -0.2) is 21.0 Å². The number of thiocarbonyl (C=S) groups is 1. The highest BCUT2D eigenvalue weighted by atomic mass is 35.5. The maximum absolute atomic E-state index is 12.8. The van der Waals surface area contributed by atoms with E-state index in [1.54, 1.807) is 26.0 Å². The topological polar surface area (TPSA) is 76.1 Å². The number of hydrogen-bond acceptors (Lipinski definition) is 5. The molecule has 2 aromatic carbocycles. The quantitative estimate of drug-likeness (QED) is 0.467. The van der Waals surface area contributed by atoms with E-state index >= 15 is 0 Å². The fourth-order valence-corrected chi connectivity index (χ4v) is 3.08. The Hall–Kier alpha value is -3.24. The number of ether oxygens (including phenoxy) is 1. The molecule has 0 radical (unpaired) electrons. The molecule has 0 spiro atoms. The van der Waals surface area contributed by atoms with Crippen LogP contribution in [0.15, 0.2) is 48.5 Å². The van der Waals surface area contributed by atoms with Gasteiger partial charge in [0.15, 0.2) is 5.11 Å². The summed E-state index contributed by atoms with van der Waals surface area (Å²) in [6.45, 7) is 3.60. The summed E-state index contributed by atoms with van der Waals surface area (Å²) in [6.07, 6.45) is -4.52. The van der Waals surface area contributed by atoms with E-state index in [1.165, 1.54) is 18.2 Å². The zero-order valence-electron chi connectivity index (χ0n) is 16.7. The first-order valence-corrected chi connectivity index (χ1v) is 9.89. The normalized spacial score (nSPS) is 11.1. The van der Waals surface area contributed by atoms with Gasteiger partial charge in [0.1, 0.15) is 11.5 Å². The van der Waals surface area contributed by atoms with E-state index in [0.29, 0.717) is 0 Å². The van der Waals surface area contributed by atoms with Crippen LogP contribution < -0.4 is 15.4 Å². The summed E-state index contributed by atoms with van der Waals surface area (Å²) in [5.74, 6) is -0.0603. The standard InChI is InChI=1S/C21H16ClF3N4O2S/c1-11-8-12(2)27-19(26-11)29-20(32)28-18(30)13-4-3-5-15(9-13)31-17-7-6-14(10-16(17)22)21(23,24)25/h3-10H,1-2H3,(H2,26,27,28,29,30,32). The number of carbonyl (C=O) groups excluding carboxylic acids is 1. The van der Waals surface area contributed by atoms with Crippen molar-refractivity contribution >= 4 is 40.8 Å². The number of hydrogen-bond donors (Lipinski definition) is 2. The Balaban J connectivity index is 1.69. The van der Waals surface area contributed by atoms with Crippen LogP contribution in [-0.2, 0) is 6.18 Å². The van der Waals surface area contributed by atoms with E-state index in [-0.39, 0.29) is 33.1 Å². The largest absolute Gasteiger partial charge is 0.456 e. The van der Waals surface area contributed by atoms with Gasteiger partial charge in [0, 0.05) is 17.0 Å².